The van der Waals surface area contributed by atoms with Gasteiger partial charge in [-0.2, -0.15) is 5.10 Å². The van der Waals surface area contributed by atoms with Crippen LogP contribution in [0.2, 0.25) is 0 Å². The van der Waals surface area contributed by atoms with Crippen LogP contribution in [0, 0.1) is 6.92 Å². The maximum atomic E-state index is 13.2. The van der Waals surface area contributed by atoms with Gasteiger partial charge in [-0.3, -0.25) is 14.7 Å². The second-order valence-corrected chi connectivity index (χ2v) is 10.1. The number of aromatic nitrogens is 4. The lowest BCUT2D eigenvalue weighted by Crippen LogP contribution is -2.38. The van der Waals surface area contributed by atoms with E-state index < -0.39 is 0 Å². The number of nitrogens with zero attached hydrogens (tertiary/aromatic N) is 4. The number of amides is 2. The molecule has 5 rings (SSSR count). The van der Waals surface area contributed by atoms with E-state index in [-0.39, 0.29) is 17.7 Å². The van der Waals surface area contributed by atoms with E-state index in [9.17, 15) is 9.59 Å². The Morgan fingerprint density at radius 3 is 2.76 bits per heavy atom. The standard InChI is InChI=1S/C27H30N6O3S/c1-17-19(15-29-32-17)6-5-11-28-25(34)23-16-37-26(31-23)18-9-12-33(13-10-18)27(35)22-14-24(36-2)20-7-3-4-8-21(20)30-22/h3-4,7-8,14-16,18H,5-6,9-13H2,1-2H3,(H,28,34)(H,29,32). The van der Waals surface area contributed by atoms with E-state index in [1.54, 1.807) is 13.2 Å². The molecule has 3 aromatic heterocycles. The molecule has 4 aromatic rings. The zero-order valence-electron chi connectivity index (χ0n) is 21.0. The SMILES string of the molecule is COc1cc(C(=O)N2CCC(c3nc(C(=O)NCCCc4cn[nH]c4C)cs3)CC2)nc2ccccc12. The highest BCUT2D eigenvalue weighted by Gasteiger charge is 2.28. The number of hydrogen-bond acceptors (Lipinski definition) is 7. The number of benzene rings is 1. The van der Waals surface area contributed by atoms with Crippen molar-refractivity contribution in [2.45, 2.75) is 38.5 Å². The summed E-state index contributed by atoms with van der Waals surface area (Å²) in [6.45, 7) is 3.82. The first-order chi connectivity index (χ1) is 18.0. The van der Waals surface area contributed by atoms with Gasteiger partial charge in [0.2, 0.25) is 0 Å². The number of rotatable bonds is 8. The van der Waals surface area contributed by atoms with Gasteiger partial charge in [-0.15, -0.1) is 11.3 Å². The normalized spacial score (nSPS) is 14.2. The highest BCUT2D eigenvalue weighted by molar-refractivity contribution is 7.09. The average Bonchev–Trinajstić information content (AvgIpc) is 3.59. The van der Waals surface area contributed by atoms with E-state index in [2.05, 4.69) is 25.5 Å². The van der Waals surface area contributed by atoms with Crippen molar-refractivity contribution in [3.63, 3.8) is 0 Å². The molecule has 1 saturated heterocycles. The zero-order valence-corrected chi connectivity index (χ0v) is 21.8. The number of H-pyrrole nitrogens is 1. The van der Waals surface area contributed by atoms with Gasteiger partial charge >= 0.3 is 0 Å². The molecule has 0 atom stereocenters. The van der Waals surface area contributed by atoms with Crippen LogP contribution < -0.4 is 10.1 Å². The molecule has 2 N–H and O–H groups in total. The number of ether oxygens (including phenoxy) is 1. The van der Waals surface area contributed by atoms with Crippen LogP contribution in [0.1, 0.15) is 62.4 Å². The largest absolute Gasteiger partial charge is 0.496 e. The molecule has 1 aliphatic heterocycles. The molecule has 4 heterocycles. The molecule has 0 unspecified atom stereocenters. The number of nitrogens with one attached hydrogen (secondary N) is 2. The number of pyridine rings is 1. The molecule has 2 amide bonds. The number of piperidine rings is 1. The van der Waals surface area contributed by atoms with Gasteiger partial charge in [0, 0.05) is 48.1 Å². The minimum atomic E-state index is -0.143. The molecule has 0 spiro atoms. The van der Waals surface area contributed by atoms with Crippen LogP contribution in [0.5, 0.6) is 5.75 Å². The Balaban J connectivity index is 1.14. The van der Waals surface area contributed by atoms with Crippen LogP contribution in [-0.4, -0.2) is 63.6 Å². The molecule has 1 aromatic carbocycles. The Kier molecular flexibility index (Phi) is 7.45. The number of aromatic amines is 1. The van der Waals surface area contributed by atoms with Gasteiger partial charge in [-0.1, -0.05) is 12.1 Å². The Labute approximate surface area is 219 Å². The quantitative estimate of drug-likeness (QED) is 0.340. The molecule has 0 radical (unpaired) electrons. The number of methoxy groups -OCH3 is 1. The van der Waals surface area contributed by atoms with E-state index >= 15 is 0 Å². The van der Waals surface area contributed by atoms with E-state index in [1.807, 2.05) is 47.7 Å². The van der Waals surface area contributed by atoms with Gasteiger partial charge in [0.1, 0.15) is 17.1 Å². The minimum Gasteiger partial charge on any atom is -0.496 e. The summed E-state index contributed by atoms with van der Waals surface area (Å²) in [5, 5.41) is 13.6. The Morgan fingerprint density at radius 1 is 1.19 bits per heavy atom. The lowest BCUT2D eigenvalue weighted by Gasteiger charge is -2.31. The number of carbonyl (C=O) groups is 2. The number of carbonyl (C=O) groups excluding carboxylic acids is 2. The molecular formula is C27H30N6O3S. The summed E-state index contributed by atoms with van der Waals surface area (Å²) in [7, 11) is 1.60. The summed E-state index contributed by atoms with van der Waals surface area (Å²) < 4.78 is 5.50. The van der Waals surface area contributed by atoms with Crippen LogP contribution in [-0.2, 0) is 6.42 Å². The summed E-state index contributed by atoms with van der Waals surface area (Å²) in [4.78, 5) is 36.8. The third-order valence-corrected chi connectivity index (χ3v) is 7.85. The van der Waals surface area contributed by atoms with E-state index in [0.717, 1.165) is 47.3 Å². The van der Waals surface area contributed by atoms with Crippen molar-refractivity contribution in [3.05, 3.63) is 69.6 Å². The number of likely N-dealkylation sites (tertiary alicyclic amines) is 1. The number of aryl methyl sites for hydroxylation is 2. The van der Waals surface area contributed by atoms with Crippen LogP contribution in [0.15, 0.2) is 41.9 Å². The Hall–Kier alpha value is -3.79. The third-order valence-electron chi connectivity index (χ3n) is 6.85. The fraction of sp³-hybridized carbons (Fsp3) is 0.370. The average molecular weight is 519 g/mol. The van der Waals surface area contributed by atoms with Crippen molar-refractivity contribution in [2.75, 3.05) is 26.7 Å². The van der Waals surface area contributed by atoms with Gasteiger partial charge in [-0.05, 0) is 50.3 Å². The third kappa shape index (κ3) is 5.48. The lowest BCUT2D eigenvalue weighted by atomic mass is 9.97. The molecule has 9 nitrogen and oxygen atoms in total. The van der Waals surface area contributed by atoms with Crippen LogP contribution in [0.3, 0.4) is 0 Å². The number of hydrogen-bond donors (Lipinski definition) is 2. The Bertz CT molecular complexity index is 1410. The van der Waals surface area contributed by atoms with E-state index in [1.165, 1.54) is 16.9 Å². The predicted octanol–water partition coefficient (Wildman–Crippen LogP) is 4.11. The molecule has 0 bridgehead atoms. The van der Waals surface area contributed by atoms with Crippen LogP contribution >= 0.6 is 11.3 Å². The molecule has 192 valence electrons. The van der Waals surface area contributed by atoms with Gasteiger partial charge in [0.05, 0.1) is 23.8 Å². The summed E-state index contributed by atoms with van der Waals surface area (Å²) in [5.74, 6) is 0.649. The van der Waals surface area contributed by atoms with Crippen molar-refractivity contribution in [1.29, 1.82) is 0 Å². The Morgan fingerprint density at radius 2 is 2.00 bits per heavy atom. The molecular weight excluding hydrogens is 488 g/mol. The van der Waals surface area contributed by atoms with Gasteiger partial charge in [0.25, 0.3) is 11.8 Å². The second kappa shape index (κ2) is 11.1. The first kappa shape index (κ1) is 24.9. The van der Waals surface area contributed by atoms with E-state index in [4.69, 9.17) is 4.74 Å². The van der Waals surface area contributed by atoms with Gasteiger partial charge in [0.15, 0.2) is 0 Å². The van der Waals surface area contributed by atoms with Crippen molar-refractivity contribution in [1.82, 2.24) is 30.4 Å². The van der Waals surface area contributed by atoms with Crippen molar-refractivity contribution >= 4 is 34.1 Å². The first-order valence-electron chi connectivity index (χ1n) is 12.5. The molecule has 1 fully saturated rings. The van der Waals surface area contributed by atoms with Crippen molar-refractivity contribution in [3.8, 4) is 5.75 Å². The minimum absolute atomic E-state index is 0.0904. The summed E-state index contributed by atoms with van der Waals surface area (Å²) >= 11 is 1.52. The number of fused-ring (bicyclic) bond motifs is 1. The van der Waals surface area contributed by atoms with Gasteiger partial charge in [-0.25, -0.2) is 9.97 Å². The summed E-state index contributed by atoms with van der Waals surface area (Å²) in [6.07, 6.45) is 5.14. The highest BCUT2D eigenvalue weighted by atomic mass is 32.1. The maximum Gasteiger partial charge on any atom is 0.272 e. The monoisotopic (exact) mass is 518 g/mol. The topological polar surface area (TPSA) is 113 Å². The first-order valence-corrected chi connectivity index (χ1v) is 13.4. The fourth-order valence-electron chi connectivity index (χ4n) is 4.69. The molecule has 1 aliphatic rings. The summed E-state index contributed by atoms with van der Waals surface area (Å²) in [6, 6.07) is 9.37. The maximum absolute atomic E-state index is 13.2. The fourth-order valence-corrected chi connectivity index (χ4v) is 5.66. The molecule has 10 heteroatoms. The number of thiazole rings is 1. The van der Waals surface area contributed by atoms with Crippen LogP contribution in [0.25, 0.3) is 10.9 Å². The van der Waals surface area contributed by atoms with Crippen molar-refractivity contribution < 1.29 is 14.3 Å². The highest BCUT2D eigenvalue weighted by Crippen LogP contribution is 2.32. The molecule has 37 heavy (non-hydrogen) atoms. The van der Waals surface area contributed by atoms with Crippen molar-refractivity contribution in [2.24, 2.45) is 0 Å². The second-order valence-electron chi connectivity index (χ2n) is 9.24. The van der Waals surface area contributed by atoms with E-state index in [0.29, 0.717) is 36.8 Å². The summed E-state index contributed by atoms with van der Waals surface area (Å²) in [5.41, 5.74) is 3.84. The smallest absolute Gasteiger partial charge is 0.272 e. The molecule has 0 aliphatic carbocycles. The van der Waals surface area contributed by atoms with Crippen LogP contribution in [0.4, 0.5) is 0 Å². The lowest BCUT2D eigenvalue weighted by molar-refractivity contribution is 0.0707. The number of para-hydroxylation sites is 1. The van der Waals surface area contributed by atoms with Gasteiger partial charge < -0.3 is 15.0 Å². The molecule has 0 saturated carbocycles. The zero-order chi connectivity index (χ0) is 25.8. The predicted molar refractivity (Wildman–Crippen MR) is 142 cm³/mol.